The molecule has 0 aliphatic carbocycles. The average molecular weight is 326 g/mol. The Morgan fingerprint density at radius 2 is 1.95 bits per heavy atom. The van der Waals surface area contributed by atoms with Crippen molar-refractivity contribution < 1.29 is 21.6 Å². The van der Waals surface area contributed by atoms with E-state index in [4.69, 9.17) is 18.0 Å². The number of halogens is 3. The Morgan fingerprint density at radius 1 is 1.40 bits per heavy atom. The lowest BCUT2D eigenvalue weighted by atomic mass is 10.1. The number of benzene rings is 1. The zero-order valence-corrected chi connectivity index (χ0v) is 12.4. The van der Waals surface area contributed by atoms with Gasteiger partial charge >= 0.3 is 6.18 Å². The molecule has 0 unspecified atom stereocenters. The summed E-state index contributed by atoms with van der Waals surface area (Å²) in [4.78, 5) is -0.269. The molecule has 1 aromatic rings. The average Bonchev–Trinajstić information content (AvgIpc) is 2.26. The van der Waals surface area contributed by atoms with E-state index in [1.165, 1.54) is 25.1 Å². The first-order valence-corrected chi connectivity index (χ1v) is 7.23. The normalized spacial score (nSPS) is 12.7. The highest BCUT2D eigenvalue weighted by molar-refractivity contribution is 7.89. The lowest BCUT2D eigenvalue weighted by Gasteiger charge is -2.20. The van der Waals surface area contributed by atoms with Gasteiger partial charge in [0.2, 0.25) is 10.0 Å². The summed E-state index contributed by atoms with van der Waals surface area (Å²) >= 11 is 4.73. The molecule has 0 aliphatic heterocycles. The van der Waals surface area contributed by atoms with Gasteiger partial charge in [-0.3, -0.25) is 0 Å². The third-order valence-corrected chi connectivity index (χ3v) is 4.74. The molecule has 0 fully saturated rings. The maximum absolute atomic E-state index is 12.3. The molecule has 0 saturated heterocycles. The predicted molar refractivity (Wildman–Crippen MR) is 72.9 cm³/mol. The van der Waals surface area contributed by atoms with Crippen LogP contribution in [0.1, 0.15) is 11.1 Å². The quantitative estimate of drug-likeness (QED) is 0.857. The van der Waals surface area contributed by atoms with Gasteiger partial charge in [-0.25, -0.2) is 8.42 Å². The first-order valence-electron chi connectivity index (χ1n) is 5.38. The topological polar surface area (TPSA) is 63.4 Å². The number of nitrogens with zero attached hydrogens (tertiary/aromatic N) is 1. The van der Waals surface area contributed by atoms with Gasteiger partial charge in [-0.1, -0.05) is 24.4 Å². The summed E-state index contributed by atoms with van der Waals surface area (Å²) in [5.41, 5.74) is 6.00. The van der Waals surface area contributed by atoms with Crippen LogP contribution in [0.5, 0.6) is 0 Å². The number of hydrogen-bond acceptors (Lipinski definition) is 3. The Bertz CT molecular complexity index is 627. The van der Waals surface area contributed by atoms with Crippen molar-refractivity contribution in [1.82, 2.24) is 4.31 Å². The van der Waals surface area contributed by atoms with Gasteiger partial charge in [0.05, 0.1) is 4.90 Å². The molecule has 2 N–H and O–H groups in total. The number of alkyl halides is 3. The molecule has 112 valence electrons. The number of nitrogens with two attached hydrogens (primary N) is 1. The molecular weight excluding hydrogens is 313 g/mol. The lowest BCUT2D eigenvalue weighted by molar-refractivity contribution is -0.134. The van der Waals surface area contributed by atoms with E-state index in [1.807, 2.05) is 0 Å². The molecule has 4 nitrogen and oxygen atoms in total. The van der Waals surface area contributed by atoms with Crippen molar-refractivity contribution in [3.63, 3.8) is 0 Å². The molecule has 0 amide bonds. The molecule has 0 heterocycles. The standard InChI is InChI=1S/C11H13F3N2O2S2/c1-7-3-4-8(10(15)19)5-9(7)20(17,18)16(2)6-11(12,13)14/h3-5H,6H2,1-2H3,(H2,15,19). The molecule has 1 rings (SSSR count). The SMILES string of the molecule is Cc1ccc(C(N)=S)cc1S(=O)(=O)N(C)CC(F)(F)F. The van der Waals surface area contributed by atoms with Crippen molar-refractivity contribution >= 4 is 27.2 Å². The van der Waals surface area contributed by atoms with Crippen molar-refractivity contribution in [2.45, 2.75) is 18.0 Å². The first-order chi connectivity index (χ1) is 8.95. The Kier molecular flexibility index (Phi) is 4.78. The molecule has 20 heavy (non-hydrogen) atoms. The van der Waals surface area contributed by atoms with Gasteiger partial charge in [-0.05, 0) is 18.6 Å². The summed E-state index contributed by atoms with van der Waals surface area (Å²) in [6.45, 7) is -0.0796. The molecule has 1 aromatic carbocycles. The zero-order valence-electron chi connectivity index (χ0n) is 10.7. The van der Waals surface area contributed by atoms with Gasteiger partial charge in [-0.15, -0.1) is 0 Å². The fraction of sp³-hybridized carbons (Fsp3) is 0.364. The van der Waals surface area contributed by atoms with Crippen molar-refractivity contribution in [2.24, 2.45) is 5.73 Å². The van der Waals surface area contributed by atoms with Crippen LogP contribution in [-0.4, -0.2) is 37.5 Å². The summed E-state index contributed by atoms with van der Waals surface area (Å²) in [7, 11) is -3.39. The highest BCUT2D eigenvalue weighted by Crippen LogP contribution is 2.24. The number of thiocarbonyl (C=S) groups is 1. The van der Waals surface area contributed by atoms with Gasteiger partial charge in [0.25, 0.3) is 0 Å². The van der Waals surface area contributed by atoms with Crippen molar-refractivity contribution in [3.05, 3.63) is 29.3 Å². The van der Waals surface area contributed by atoms with Crippen LogP contribution in [0.15, 0.2) is 23.1 Å². The van der Waals surface area contributed by atoms with Gasteiger partial charge in [0, 0.05) is 12.6 Å². The largest absolute Gasteiger partial charge is 0.402 e. The summed E-state index contributed by atoms with van der Waals surface area (Å²) in [6, 6.07) is 4.14. The third-order valence-electron chi connectivity index (χ3n) is 2.56. The van der Waals surface area contributed by atoms with E-state index in [0.29, 0.717) is 5.56 Å². The second-order valence-electron chi connectivity index (χ2n) is 4.22. The van der Waals surface area contributed by atoms with Crippen LogP contribution in [0.4, 0.5) is 13.2 Å². The molecule has 0 atom stereocenters. The van der Waals surface area contributed by atoms with Crippen molar-refractivity contribution in [2.75, 3.05) is 13.6 Å². The molecule has 9 heteroatoms. The molecule has 0 bridgehead atoms. The van der Waals surface area contributed by atoms with Crippen LogP contribution in [0, 0.1) is 6.92 Å². The molecule has 0 saturated carbocycles. The summed E-state index contributed by atoms with van der Waals surface area (Å²) in [5, 5.41) is 0. The molecule has 0 radical (unpaired) electrons. The van der Waals surface area contributed by atoms with Gasteiger partial charge < -0.3 is 5.73 Å². The Hall–Kier alpha value is -1.19. The van der Waals surface area contributed by atoms with E-state index in [9.17, 15) is 21.6 Å². The maximum Gasteiger partial charge on any atom is 0.402 e. The van der Waals surface area contributed by atoms with E-state index in [1.54, 1.807) is 0 Å². The second-order valence-corrected chi connectivity index (χ2v) is 6.67. The Balaban J connectivity index is 3.28. The summed E-state index contributed by atoms with van der Waals surface area (Å²) in [6.07, 6.45) is -4.61. The van der Waals surface area contributed by atoms with E-state index in [2.05, 4.69) is 0 Å². The van der Waals surface area contributed by atoms with Gasteiger partial charge in [-0.2, -0.15) is 17.5 Å². The van der Waals surface area contributed by atoms with Crippen LogP contribution < -0.4 is 5.73 Å². The number of aryl methyl sites for hydroxylation is 1. The third kappa shape index (κ3) is 3.90. The Labute approximate surface area is 120 Å². The van der Waals surface area contributed by atoms with Crippen LogP contribution in [0.3, 0.4) is 0 Å². The van der Waals surface area contributed by atoms with Crippen LogP contribution in [0.25, 0.3) is 0 Å². The highest BCUT2D eigenvalue weighted by atomic mass is 32.2. The summed E-state index contributed by atoms with van der Waals surface area (Å²) in [5.74, 6) is 0. The van der Waals surface area contributed by atoms with E-state index in [0.717, 1.165) is 7.05 Å². The maximum atomic E-state index is 12.3. The number of rotatable bonds is 4. The Morgan fingerprint density at radius 3 is 2.40 bits per heavy atom. The minimum absolute atomic E-state index is 0.0278. The fourth-order valence-electron chi connectivity index (χ4n) is 1.54. The number of hydrogen-bond donors (Lipinski definition) is 1. The van der Waals surface area contributed by atoms with Crippen LogP contribution in [0.2, 0.25) is 0 Å². The first kappa shape index (κ1) is 16.9. The number of sulfonamides is 1. The molecular formula is C11H13F3N2O2S2. The molecule has 0 aromatic heterocycles. The van der Waals surface area contributed by atoms with Gasteiger partial charge in [0.1, 0.15) is 11.5 Å². The molecule has 0 aliphatic rings. The van der Waals surface area contributed by atoms with Crippen LogP contribution >= 0.6 is 12.2 Å². The van der Waals surface area contributed by atoms with E-state index >= 15 is 0 Å². The fourth-order valence-corrected chi connectivity index (χ4v) is 3.07. The minimum atomic E-state index is -4.61. The second kappa shape index (κ2) is 5.66. The van der Waals surface area contributed by atoms with Crippen LogP contribution in [-0.2, 0) is 10.0 Å². The minimum Gasteiger partial charge on any atom is -0.389 e. The summed E-state index contributed by atoms with van der Waals surface area (Å²) < 4.78 is 61.5. The monoisotopic (exact) mass is 326 g/mol. The zero-order chi connectivity index (χ0) is 15.7. The lowest BCUT2D eigenvalue weighted by Crippen LogP contribution is -2.36. The van der Waals surface area contributed by atoms with Gasteiger partial charge in [0.15, 0.2) is 0 Å². The van der Waals surface area contributed by atoms with Crippen molar-refractivity contribution in [3.8, 4) is 0 Å². The van der Waals surface area contributed by atoms with Crippen molar-refractivity contribution in [1.29, 1.82) is 0 Å². The smallest absolute Gasteiger partial charge is 0.389 e. The predicted octanol–water partition coefficient (Wildman–Crippen LogP) is 1.81. The van der Waals surface area contributed by atoms with E-state index < -0.39 is 22.7 Å². The highest BCUT2D eigenvalue weighted by Gasteiger charge is 2.35. The van der Waals surface area contributed by atoms with E-state index in [-0.39, 0.29) is 19.8 Å². The molecule has 0 spiro atoms.